The Bertz CT molecular complexity index is 172. The smallest absolute Gasteiger partial charge is 0.222 e. The van der Waals surface area contributed by atoms with Crippen LogP contribution in [-0.4, -0.2) is 29.9 Å². The number of likely N-dealkylation sites (tertiary alicyclic amines) is 1. The van der Waals surface area contributed by atoms with Gasteiger partial charge in [0.05, 0.1) is 0 Å². The van der Waals surface area contributed by atoms with Crippen LogP contribution >= 0.6 is 0 Å². The minimum Gasteiger partial charge on any atom is -0.343 e. The molecule has 1 atom stereocenters. The molecule has 3 heteroatoms. The first kappa shape index (κ1) is 11.5. The number of rotatable bonds is 3. The third-order valence-corrected chi connectivity index (χ3v) is 2.77. The first-order chi connectivity index (χ1) is 6.70. The summed E-state index contributed by atoms with van der Waals surface area (Å²) in [5, 5.41) is 0. The highest BCUT2D eigenvalue weighted by molar-refractivity contribution is 5.76. The molecular formula is C11H22N2O. The van der Waals surface area contributed by atoms with Crippen molar-refractivity contribution in [1.82, 2.24) is 4.90 Å². The van der Waals surface area contributed by atoms with Gasteiger partial charge in [0.1, 0.15) is 0 Å². The van der Waals surface area contributed by atoms with E-state index in [2.05, 4.69) is 0 Å². The highest BCUT2D eigenvalue weighted by atomic mass is 16.2. The van der Waals surface area contributed by atoms with Crippen LogP contribution in [0.5, 0.6) is 0 Å². The summed E-state index contributed by atoms with van der Waals surface area (Å²) >= 11 is 0. The van der Waals surface area contributed by atoms with Crippen molar-refractivity contribution in [1.29, 1.82) is 0 Å². The second kappa shape index (κ2) is 6.02. The van der Waals surface area contributed by atoms with E-state index in [4.69, 9.17) is 5.73 Å². The highest BCUT2D eigenvalue weighted by Crippen LogP contribution is 2.11. The molecule has 1 heterocycles. The molecule has 0 aromatic rings. The van der Waals surface area contributed by atoms with Gasteiger partial charge in [-0.25, -0.2) is 0 Å². The molecule has 3 nitrogen and oxygen atoms in total. The summed E-state index contributed by atoms with van der Waals surface area (Å²) in [4.78, 5) is 13.7. The maximum absolute atomic E-state index is 11.7. The zero-order valence-corrected chi connectivity index (χ0v) is 9.17. The standard InChI is InChI=1S/C11H22N2O/c1-10(12)6-7-11(14)13-8-4-2-3-5-9-13/h10H,2-9,12H2,1H3. The third-order valence-electron chi connectivity index (χ3n) is 2.77. The minimum absolute atomic E-state index is 0.144. The predicted molar refractivity (Wildman–Crippen MR) is 57.9 cm³/mol. The summed E-state index contributed by atoms with van der Waals surface area (Å²) < 4.78 is 0. The van der Waals surface area contributed by atoms with Crippen molar-refractivity contribution in [3.8, 4) is 0 Å². The Balaban J connectivity index is 2.27. The Morgan fingerprint density at radius 3 is 2.36 bits per heavy atom. The van der Waals surface area contributed by atoms with Crippen LogP contribution in [-0.2, 0) is 4.79 Å². The molecule has 1 amide bonds. The fourth-order valence-electron chi connectivity index (χ4n) is 1.83. The van der Waals surface area contributed by atoms with Crippen LogP contribution in [0.3, 0.4) is 0 Å². The SMILES string of the molecule is CC(N)CCC(=O)N1CCCCCC1. The van der Waals surface area contributed by atoms with E-state index < -0.39 is 0 Å². The van der Waals surface area contributed by atoms with Crippen molar-refractivity contribution in [2.45, 2.75) is 51.5 Å². The summed E-state index contributed by atoms with van der Waals surface area (Å²) in [5.74, 6) is 0.296. The molecule has 1 fully saturated rings. The maximum Gasteiger partial charge on any atom is 0.222 e. The van der Waals surface area contributed by atoms with Gasteiger partial charge in [-0.3, -0.25) is 4.79 Å². The molecule has 0 aliphatic carbocycles. The van der Waals surface area contributed by atoms with E-state index in [1.165, 1.54) is 25.7 Å². The largest absolute Gasteiger partial charge is 0.343 e. The zero-order valence-electron chi connectivity index (χ0n) is 9.17. The molecule has 1 aliphatic rings. The first-order valence-corrected chi connectivity index (χ1v) is 5.73. The van der Waals surface area contributed by atoms with Gasteiger partial charge >= 0.3 is 0 Å². The highest BCUT2D eigenvalue weighted by Gasteiger charge is 2.15. The first-order valence-electron chi connectivity index (χ1n) is 5.73. The van der Waals surface area contributed by atoms with E-state index in [0.29, 0.717) is 12.3 Å². The molecule has 1 unspecified atom stereocenters. The average Bonchev–Trinajstić information content (AvgIpc) is 2.42. The van der Waals surface area contributed by atoms with Gasteiger partial charge in [-0.05, 0) is 26.2 Å². The molecule has 82 valence electrons. The van der Waals surface area contributed by atoms with Crippen LogP contribution in [0.2, 0.25) is 0 Å². The molecule has 0 spiro atoms. The number of hydrogen-bond acceptors (Lipinski definition) is 2. The third kappa shape index (κ3) is 4.09. The van der Waals surface area contributed by atoms with Crippen LogP contribution in [0.25, 0.3) is 0 Å². The molecule has 0 radical (unpaired) electrons. The Labute approximate surface area is 86.6 Å². The lowest BCUT2D eigenvalue weighted by atomic mass is 10.2. The van der Waals surface area contributed by atoms with Gasteiger partial charge in [-0.15, -0.1) is 0 Å². The van der Waals surface area contributed by atoms with Crippen molar-refractivity contribution in [3.05, 3.63) is 0 Å². The van der Waals surface area contributed by atoms with Gasteiger partial charge in [-0.2, -0.15) is 0 Å². The second-order valence-corrected chi connectivity index (χ2v) is 4.31. The van der Waals surface area contributed by atoms with E-state index in [9.17, 15) is 4.79 Å². The van der Waals surface area contributed by atoms with Crippen molar-refractivity contribution < 1.29 is 4.79 Å². The maximum atomic E-state index is 11.7. The molecule has 1 rings (SSSR count). The van der Waals surface area contributed by atoms with Crippen LogP contribution in [0, 0.1) is 0 Å². The van der Waals surface area contributed by atoms with E-state index >= 15 is 0 Å². The van der Waals surface area contributed by atoms with E-state index in [0.717, 1.165) is 19.5 Å². The van der Waals surface area contributed by atoms with Crippen molar-refractivity contribution in [3.63, 3.8) is 0 Å². The zero-order chi connectivity index (χ0) is 10.4. The Morgan fingerprint density at radius 1 is 1.29 bits per heavy atom. The molecule has 0 aromatic carbocycles. The van der Waals surface area contributed by atoms with Crippen LogP contribution < -0.4 is 5.73 Å². The van der Waals surface area contributed by atoms with E-state index in [1.54, 1.807) is 0 Å². The number of nitrogens with two attached hydrogens (primary N) is 1. The molecule has 0 saturated carbocycles. The van der Waals surface area contributed by atoms with Gasteiger partial charge in [-0.1, -0.05) is 12.8 Å². The normalized spacial score (nSPS) is 20.3. The quantitative estimate of drug-likeness (QED) is 0.747. The number of amides is 1. The fraction of sp³-hybridized carbons (Fsp3) is 0.909. The van der Waals surface area contributed by atoms with Crippen molar-refractivity contribution in [2.24, 2.45) is 5.73 Å². The fourth-order valence-corrected chi connectivity index (χ4v) is 1.83. The number of carbonyl (C=O) groups is 1. The number of carbonyl (C=O) groups excluding carboxylic acids is 1. The van der Waals surface area contributed by atoms with E-state index in [1.807, 2.05) is 11.8 Å². The lowest BCUT2D eigenvalue weighted by Crippen LogP contribution is -2.32. The summed E-state index contributed by atoms with van der Waals surface area (Å²) in [5.41, 5.74) is 5.63. The van der Waals surface area contributed by atoms with Crippen LogP contribution in [0.4, 0.5) is 0 Å². The molecular weight excluding hydrogens is 176 g/mol. The van der Waals surface area contributed by atoms with Crippen LogP contribution in [0.15, 0.2) is 0 Å². The summed E-state index contributed by atoms with van der Waals surface area (Å²) in [7, 11) is 0. The van der Waals surface area contributed by atoms with Gasteiger partial charge in [0.15, 0.2) is 0 Å². The number of nitrogens with zero attached hydrogens (tertiary/aromatic N) is 1. The molecule has 14 heavy (non-hydrogen) atoms. The lowest BCUT2D eigenvalue weighted by molar-refractivity contribution is -0.131. The van der Waals surface area contributed by atoms with Crippen molar-refractivity contribution in [2.75, 3.05) is 13.1 Å². The molecule has 0 bridgehead atoms. The van der Waals surface area contributed by atoms with Gasteiger partial charge in [0, 0.05) is 25.6 Å². The second-order valence-electron chi connectivity index (χ2n) is 4.31. The monoisotopic (exact) mass is 198 g/mol. The summed E-state index contributed by atoms with van der Waals surface area (Å²) in [6, 6.07) is 0.144. The Morgan fingerprint density at radius 2 is 1.86 bits per heavy atom. The molecule has 1 aliphatic heterocycles. The average molecular weight is 198 g/mol. The summed E-state index contributed by atoms with van der Waals surface area (Å²) in [6.45, 7) is 3.87. The molecule has 2 N–H and O–H groups in total. The van der Waals surface area contributed by atoms with Gasteiger partial charge in [0.25, 0.3) is 0 Å². The summed E-state index contributed by atoms with van der Waals surface area (Å²) in [6.07, 6.45) is 6.33. The van der Waals surface area contributed by atoms with E-state index in [-0.39, 0.29) is 6.04 Å². The Hall–Kier alpha value is -0.570. The topological polar surface area (TPSA) is 46.3 Å². The predicted octanol–water partition coefficient (Wildman–Crippen LogP) is 1.52. The lowest BCUT2D eigenvalue weighted by Gasteiger charge is -2.20. The number of hydrogen-bond donors (Lipinski definition) is 1. The molecule has 0 aromatic heterocycles. The van der Waals surface area contributed by atoms with Gasteiger partial charge in [0.2, 0.25) is 5.91 Å². The minimum atomic E-state index is 0.144. The van der Waals surface area contributed by atoms with Gasteiger partial charge < -0.3 is 10.6 Å². The van der Waals surface area contributed by atoms with Crippen LogP contribution in [0.1, 0.15) is 45.4 Å². The Kier molecular flexibility index (Phi) is 4.94. The molecule has 1 saturated heterocycles. The van der Waals surface area contributed by atoms with Crippen molar-refractivity contribution >= 4 is 5.91 Å².